The minimum absolute atomic E-state index is 0.0670. The van der Waals surface area contributed by atoms with E-state index in [1.165, 1.54) is 12.1 Å². The highest BCUT2D eigenvalue weighted by molar-refractivity contribution is 7.99. The van der Waals surface area contributed by atoms with Crippen molar-refractivity contribution in [3.05, 3.63) is 71.6 Å². The molecule has 0 N–H and O–H groups in total. The van der Waals surface area contributed by atoms with Crippen LogP contribution in [0, 0.1) is 5.82 Å². The van der Waals surface area contributed by atoms with E-state index >= 15 is 0 Å². The van der Waals surface area contributed by atoms with E-state index in [-0.39, 0.29) is 11.6 Å². The molecule has 0 unspecified atom stereocenters. The Morgan fingerprint density at radius 1 is 0.793 bits per heavy atom. The topological polar surface area (TPSA) is 36.4 Å². The van der Waals surface area contributed by atoms with Crippen LogP contribution in [0.2, 0.25) is 0 Å². The third-order valence-electron chi connectivity index (χ3n) is 5.15. The highest BCUT2D eigenvalue weighted by Gasteiger charge is 2.29. The molecule has 3 heterocycles. The van der Waals surface area contributed by atoms with Crippen molar-refractivity contribution in [1.82, 2.24) is 14.8 Å². The quantitative estimate of drug-likeness (QED) is 0.531. The van der Waals surface area contributed by atoms with E-state index in [9.17, 15) is 9.18 Å². The third-order valence-corrected chi connectivity index (χ3v) is 7.03. The maximum Gasteiger partial charge on any atom is 0.197 e. The Morgan fingerprint density at radius 2 is 1.31 bits per heavy atom. The molecule has 29 heavy (non-hydrogen) atoms. The minimum Gasteiger partial charge on any atom is -0.356 e. The van der Waals surface area contributed by atoms with Crippen molar-refractivity contribution in [3.63, 3.8) is 0 Å². The summed E-state index contributed by atoms with van der Waals surface area (Å²) < 4.78 is 13.5. The van der Waals surface area contributed by atoms with E-state index < -0.39 is 0 Å². The van der Waals surface area contributed by atoms with Crippen LogP contribution in [0.25, 0.3) is 5.57 Å². The van der Waals surface area contributed by atoms with Gasteiger partial charge in [-0.05, 0) is 42.0 Å². The molecule has 2 aliphatic heterocycles. The second-order valence-electron chi connectivity index (χ2n) is 6.97. The Balaban J connectivity index is 1.86. The van der Waals surface area contributed by atoms with Crippen molar-refractivity contribution in [3.8, 4) is 0 Å². The lowest BCUT2D eigenvalue weighted by molar-refractivity contribution is 0.105. The molecule has 4 nitrogen and oxygen atoms in total. The lowest BCUT2D eigenvalue weighted by Gasteiger charge is -2.41. The van der Waals surface area contributed by atoms with Gasteiger partial charge in [-0.15, -0.1) is 0 Å². The molecule has 0 amide bonds. The van der Waals surface area contributed by atoms with Crippen molar-refractivity contribution in [2.24, 2.45) is 0 Å². The second-order valence-corrected chi connectivity index (χ2v) is 9.42. The lowest BCUT2D eigenvalue weighted by atomic mass is 9.96. The van der Waals surface area contributed by atoms with Crippen LogP contribution in [0.5, 0.6) is 0 Å². The lowest BCUT2D eigenvalue weighted by Crippen LogP contribution is -2.44. The normalized spacial score (nSPS) is 17.1. The first-order valence-electron chi connectivity index (χ1n) is 9.84. The van der Waals surface area contributed by atoms with Crippen molar-refractivity contribution in [2.45, 2.75) is 0 Å². The number of hydrogen-bond acceptors (Lipinski definition) is 6. The number of aromatic nitrogens is 1. The summed E-state index contributed by atoms with van der Waals surface area (Å²) in [4.78, 5) is 22.6. The first kappa shape index (κ1) is 20.3. The summed E-state index contributed by atoms with van der Waals surface area (Å²) in [6.45, 7) is 3.70. The number of benzene rings is 1. The van der Waals surface area contributed by atoms with Gasteiger partial charge in [0, 0.05) is 67.1 Å². The van der Waals surface area contributed by atoms with Crippen LogP contribution >= 0.6 is 23.5 Å². The second kappa shape index (κ2) is 9.67. The van der Waals surface area contributed by atoms with Crippen LogP contribution in [0.4, 0.5) is 4.39 Å². The van der Waals surface area contributed by atoms with Gasteiger partial charge in [-0.2, -0.15) is 23.5 Å². The summed E-state index contributed by atoms with van der Waals surface area (Å²) >= 11 is 3.91. The zero-order valence-corrected chi connectivity index (χ0v) is 17.9. The molecule has 1 aromatic heterocycles. The Labute approximate surface area is 179 Å². The number of carbonyl (C=O) groups excluding carboxylic acids is 1. The van der Waals surface area contributed by atoms with Crippen LogP contribution in [-0.4, -0.2) is 69.8 Å². The molecule has 7 heteroatoms. The van der Waals surface area contributed by atoms with E-state index in [1.54, 1.807) is 24.5 Å². The summed E-state index contributed by atoms with van der Waals surface area (Å²) in [5.74, 6) is 4.84. The van der Waals surface area contributed by atoms with E-state index in [1.807, 2.05) is 35.7 Å². The molecule has 2 saturated heterocycles. The van der Waals surface area contributed by atoms with Gasteiger partial charge < -0.3 is 9.80 Å². The number of pyridine rings is 1. The maximum atomic E-state index is 13.7. The Morgan fingerprint density at radius 3 is 1.83 bits per heavy atom. The Bertz CT molecular complexity index is 841. The van der Waals surface area contributed by atoms with Gasteiger partial charge >= 0.3 is 0 Å². The van der Waals surface area contributed by atoms with Crippen LogP contribution in [0.1, 0.15) is 15.9 Å². The fourth-order valence-corrected chi connectivity index (χ4v) is 5.50. The van der Waals surface area contributed by atoms with Crippen molar-refractivity contribution in [1.29, 1.82) is 0 Å². The summed E-state index contributed by atoms with van der Waals surface area (Å²) in [6, 6.07) is 9.66. The molecule has 2 aromatic rings. The number of allylic oxidation sites excluding steroid dienone is 1. The van der Waals surface area contributed by atoms with Crippen molar-refractivity contribution in [2.75, 3.05) is 49.2 Å². The fourth-order valence-electron chi connectivity index (χ4n) is 3.69. The third kappa shape index (κ3) is 4.78. The molecule has 2 aliphatic rings. The zero-order chi connectivity index (χ0) is 20.1. The molecule has 0 aliphatic carbocycles. The Hall–Kier alpha value is -1.99. The number of ketones is 1. The highest BCUT2D eigenvalue weighted by Crippen LogP contribution is 2.31. The maximum absolute atomic E-state index is 13.7. The average Bonchev–Trinajstić information content (AvgIpc) is 2.79. The average molecular weight is 430 g/mol. The molecular weight excluding hydrogens is 405 g/mol. The molecule has 152 valence electrons. The molecule has 4 rings (SSSR count). The summed E-state index contributed by atoms with van der Waals surface area (Å²) in [6.07, 6.45) is 3.45. The van der Waals surface area contributed by atoms with Gasteiger partial charge in [0.15, 0.2) is 5.78 Å². The van der Waals surface area contributed by atoms with Crippen LogP contribution in [0.15, 0.2) is 54.6 Å². The molecule has 0 radical (unpaired) electrons. The van der Waals surface area contributed by atoms with Crippen molar-refractivity contribution < 1.29 is 9.18 Å². The van der Waals surface area contributed by atoms with Gasteiger partial charge in [0.25, 0.3) is 0 Å². The molecular formula is C22H24FN3OS2. The van der Waals surface area contributed by atoms with Crippen LogP contribution in [0.3, 0.4) is 0 Å². The van der Waals surface area contributed by atoms with Gasteiger partial charge in [-0.1, -0.05) is 0 Å². The van der Waals surface area contributed by atoms with Crippen LogP contribution < -0.4 is 0 Å². The summed E-state index contributed by atoms with van der Waals surface area (Å²) in [5, 5.41) is 0. The smallest absolute Gasteiger partial charge is 0.197 e. The molecule has 0 bridgehead atoms. The van der Waals surface area contributed by atoms with E-state index in [0.717, 1.165) is 60.6 Å². The summed E-state index contributed by atoms with van der Waals surface area (Å²) in [5.41, 5.74) is 2.06. The zero-order valence-electron chi connectivity index (χ0n) is 16.2. The number of nitrogens with zero attached hydrogens (tertiary/aromatic N) is 3. The highest BCUT2D eigenvalue weighted by atomic mass is 32.2. The predicted molar refractivity (Wildman–Crippen MR) is 120 cm³/mol. The number of carbonyl (C=O) groups is 1. The van der Waals surface area contributed by atoms with E-state index in [4.69, 9.17) is 0 Å². The number of rotatable bonds is 5. The molecule has 0 spiro atoms. The Kier molecular flexibility index (Phi) is 6.77. The van der Waals surface area contributed by atoms with Gasteiger partial charge in [0.1, 0.15) is 11.6 Å². The molecule has 1 aromatic carbocycles. The number of hydrogen-bond donors (Lipinski definition) is 0. The predicted octanol–water partition coefficient (Wildman–Crippen LogP) is 3.87. The summed E-state index contributed by atoms with van der Waals surface area (Å²) in [7, 11) is 0. The number of Topliss-reactive ketones (excluding diaryl/α,β-unsaturated/α-hetero) is 1. The SMILES string of the molecule is O=C(C(=C(N1CCSCC1)N1CCSCC1)c1ccncc1)c1ccc(F)cc1. The van der Waals surface area contributed by atoms with Gasteiger partial charge in [0.2, 0.25) is 0 Å². The fraction of sp³-hybridized carbons (Fsp3) is 0.364. The minimum atomic E-state index is -0.336. The largest absolute Gasteiger partial charge is 0.356 e. The molecule has 0 atom stereocenters. The number of thioether (sulfide) groups is 2. The van der Waals surface area contributed by atoms with E-state index in [0.29, 0.717) is 11.1 Å². The first-order chi connectivity index (χ1) is 14.2. The first-order valence-corrected chi connectivity index (χ1v) is 12.2. The number of halogens is 1. The molecule has 0 saturated carbocycles. The van der Waals surface area contributed by atoms with E-state index in [2.05, 4.69) is 14.8 Å². The standard InChI is InChI=1S/C22H24FN3OS2/c23-19-3-1-18(2-4-19)21(27)20(17-5-7-24-8-6-17)22(25-9-13-28-14-10-25)26-11-15-29-16-12-26/h1-8H,9-16H2. The monoisotopic (exact) mass is 429 g/mol. The van der Waals surface area contributed by atoms with Gasteiger partial charge in [-0.25, -0.2) is 4.39 Å². The van der Waals surface area contributed by atoms with Crippen LogP contribution in [-0.2, 0) is 0 Å². The van der Waals surface area contributed by atoms with Gasteiger partial charge in [-0.3, -0.25) is 9.78 Å². The van der Waals surface area contributed by atoms with Gasteiger partial charge in [0.05, 0.1) is 5.57 Å². The molecule has 2 fully saturated rings. The van der Waals surface area contributed by atoms with Crippen molar-refractivity contribution >= 4 is 34.9 Å².